The average Bonchev–Trinajstić information content (AvgIpc) is 3.63. The highest BCUT2D eigenvalue weighted by molar-refractivity contribution is 5.92. The van der Waals surface area contributed by atoms with Crippen molar-refractivity contribution in [3.8, 4) is 11.5 Å². The molecule has 3 aromatic rings. The summed E-state index contributed by atoms with van der Waals surface area (Å²) in [5.74, 6) is 2.10. The summed E-state index contributed by atoms with van der Waals surface area (Å²) in [7, 11) is 3.65. The Bertz CT molecular complexity index is 1210. The number of nitrogen functional groups attached to an aromatic ring is 1. The number of anilines is 2. The molecule has 2 aromatic carbocycles. The third-order valence-electron chi connectivity index (χ3n) is 6.12. The fourth-order valence-electron chi connectivity index (χ4n) is 4.01. The van der Waals surface area contributed by atoms with Crippen LogP contribution in [0.2, 0.25) is 0 Å². The Hall–Kier alpha value is -3.27. The van der Waals surface area contributed by atoms with E-state index < -0.39 is 17.8 Å². The van der Waals surface area contributed by atoms with E-state index >= 15 is 0 Å². The predicted molar refractivity (Wildman–Crippen MR) is 130 cm³/mol. The topological polar surface area (TPSA) is 85.5 Å². The minimum Gasteiger partial charge on any atom is -0.493 e. The minimum atomic E-state index is -4.49. The molecule has 35 heavy (non-hydrogen) atoms. The van der Waals surface area contributed by atoms with Crippen molar-refractivity contribution in [1.82, 2.24) is 14.9 Å². The zero-order chi connectivity index (χ0) is 25.3. The average molecular weight is 490 g/mol. The normalized spacial score (nSPS) is 14.9. The Labute approximate surface area is 202 Å². The van der Waals surface area contributed by atoms with E-state index in [9.17, 15) is 13.2 Å². The Morgan fingerprint density at radius 3 is 2.54 bits per heavy atom. The lowest BCUT2D eigenvalue weighted by Gasteiger charge is -2.20. The molecular formula is C25H30F3N5O2. The second-order valence-electron chi connectivity index (χ2n) is 8.95. The van der Waals surface area contributed by atoms with Crippen molar-refractivity contribution in [2.45, 2.75) is 44.9 Å². The van der Waals surface area contributed by atoms with Crippen LogP contribution in [0.5, 0.6) is 11.5 Å². The van der Waals surface area contributed by atoms with Crippen LogP contribution in [0.1, 0.15) is 42.8 Å². The number of methoxy groups -OCH3 is 1. The first kappa shape index (κ1) is 24.8. The van der Waals surface area contributed by atoms with Crippen molar-refractivity contribution in [2.24, 2.45) is 0 Å². The van der Waals surface area contributed by atoms with Gasteiger partial charge in [-0.05, 0) is 63.6 Å². The third kappa shape index (κ3) is 5.87. The number of ether oxygens (including phenoxy) is 2. The van der Waals surface area contributed by atoms with Gasteiger partial charge in [0.05, 0.1) is 24.2 Å². The van der Waals surface area contributed by atoms with Crippen LogP contribution in [0.25, 0.3) is 10.9 Å². The number of rotatable bonds is 9. The van der Waals surface area contributed by atoms with Crippen LogP contribution in [0.3, 0.4) is 0 Å². The number of fused-ring (bicyclic) bond motifs is 1. The molecule has 1 aliphatic rings. The molecular weight excluding hydrogens is 459 g/mol. The van der Waals surface area contributed by atoms with Crippen LogP contribution in [0.15, 0.2) is 30.3 Å². The van der Waals surface area contributed by atoms with E-state index in [1.54, 1.807) is 33.1 Å². The fourth-order valence-corrected chi connectivity index (χ4v) is 4.01. The largest absolute Gasteiger partial charge is 0.493 e. The molecule has 4 rings (SSSR count). The van der Waals surface area contributed by atoms with E-state index in [4.69, 9.17) is 15.2 Å². The number of nitrogens with one attached hydrogen (secondary N) is 1. The van der Waals surface area contributed by atoms with Crippen molar-refractivity contribution < 1.29 is 22.6 Å². The van der Waals surface area contributed by atoms with Gasteiger partial charge < -0.3 is 25.4 Å². The molecule has 0 amide bonds. The maximum Gasteiger partial charge on any atom is 0.416 e. The zero-order valence-corrected chi connectivity index (χ0v) is 20.2. The number of alkyl halides is 3. The summed E-state index contributed by atoms with van der Waals surface area (Å²) in [4.78, 5) is 11.3. The monoisotopic (exact) mass is 489 g/mol. The maximum atomic E-state index is 13.3. The number of benzene rings is 2. The number of likely N-dealkylation sites (N-methyl/N-ethyl adjacent to an activating group) is 1. The van der Waals surface area contributed by atoms with Crippen molar-refractivity contribution in [3.63, 3.8) is 0 Å². The molecule has 1 saturated carbocycles. The van der Waals surface area contributed by atoms with E-state index in [1.807, 2.05) is 0 Å². The van der Waals surface area contributed by atoms with Crippen molar-refractivity contribution in [2.75, 3.05) is 38.4 Å². The van der Waals surface area contributed by atoms with E-state index in [1.165, 1.54) is 18.9 Å². The van der Waals surface area contributed by atoms with Crippen LogP contribution in [0.4, 0.5) is 24.7 Å². The van der Waals surface area contributed by atoms with E-state index in [2.05, 4.69) is 27.2 Å². The van der Waals surface area contributed by atoms with Crippen molar-refractivity contribution >= 4 is 22.4 Å². The molecule has 1 aromatic heterocycles. The van der Waals surface area contributed by atoms with Gasteiger partial charge in [-0.1, -0.05) is 0 Å². The van der Waals surface area contributed by atoms with Gasteiger partial charge in [0.25, 0.3) is 0 Å². The quantitative estimate of drug-likeness (QED) is 0.400. The van der Waals surface area contributed by atoms with Gasteiger partial charge >= 0.3 is 6.18 Å². The molecule has 188 valence electrons. The van der Waals surface area contributed by atoms with Crippen molar-refractivity contribution in [3.05, 3.63) is 47.3 Å². The molecule has 0 bridgehead atoms. The molecule has 0 saturated heterocycles. The number of nitrogens with zero attached hydrogens (tertiary/aromatic N) is 3. The minimum absolute atomic E-state index is 0.0452. The first-order valence-electron chi connectivity index (χ1n) is 11.5. The second kappa shape index (κ2) is 9.77. The van der Waals surface area contributed by atoms with Gasteiger partial charge in [0, 0.05) is 29.7 Å². The Kier molecular flexibility index (Phi) is 6.93. The molecule has 0 spiro atoms. The molecule has 0 radical (unpaired) electrons. The van der Waals surface area contributed by atoms with Crippen LogP contribution < -0.4 is 20.5 Å². The number of nitrogens with two attached hydrogens (primary N) is 1. The molecule has 0 unspecified atom stereocenters. The highest BCUT2D eigenvalue weighted by Crippen LogP contribution is 2.37. The summed E-state index contributed by atoms with van der Waals surface area (Å²) in [5, 5.41) is 3.91. The summed E-state index contributed by atoms with van der Waals surface area (Å²) in [6, 6.07) is 7.26. The zero-order valence-electron chi connectivity index (χ0n) is 20.2. The molecule has 3 N–H and O–H groups in total. The smallest absolute Gasteiger partial charge is 0.416 e. The Morgan fingerprint density at radius 1 is 1.14 bits per heavy atom. The number of aryl methyl sites for hydroxylation is 1. The fraction of sp³-hybridized carbons (Fsp3) is 0.440. The SMILES string of the molecule is COc1cc2nc(C)nc(N[C@H](C)c3cc(N)cc(C(F)(F)F)c3)c2cc1OCCN(C)C1CC1. The lowest BCUT2D eigenvalue weighted by atomic mass is 10.0. The number of halogens is 3. The van der Waals surface area contributed by atoms with Crippen LogP contribution >= 0.6 is 0 Å². The number of aromatic nitrogens is 2. The Balaban J connectivity index is 1.63. The van der Waals surface area contributed by atoms with E-state index in [-0.39, 0.29) is 5.69 Å². The van der Waals surface area contributed by atoms with Gasteiger partial charge in [-0.25, -0.2) is 9.97 Å². The lowest BCUT2D eigenvalue weighted by Crippen LogP contribution is -2.26. The molecule has 1 aliphatic carbocycles. The standard InChI is InChI=1S/C25H30F3N5O2/c1-14(16-9-17(25(26,27)28)11-18(29)10-16)30-24-20-12-23(35-8-7-33(3)19-5-6-19)22(34-4)13-21(20)31-15(2)32-24/h9-14,19H,5-8,29H2,1-4H3,(H,30,31,32)/t14-/m1/s1. The van der Waals surface area contributed by atoms with Gasteiger partial charge in [-0.3, -0.25) is 0 Å². The molecule has 10 heteroatoms. The lowest BCUT2D eigenvalue weighted by molar-refractivity contribution is -0.137. The maximum absolute atomic E-state index is 13.3. The van der Waals surface area contributed by atoms with Gasteiger partial charge in [0.15, 0.2) is 11.5 Å². The highest BCUT2D eigenvalue weighted by Gasteiger charge is 2.31. The first-order valence-corrected chi connectivity index (χ1v) is 11.5. The van der Waals surface area contributed by atoms with Crippen LogP contribution in [-0.2, 0) is 6.18 Å². The van der Waals surface area contributed by atoms with Gasteiger partial charge in [-0.2, -0.15) is 13.2 Å². The van der Waals surface area contributed by atoms with Gasteiger partial charge in [-0.15, -0.1) is 0 Å². The van der Waals surface area contributed by atoms with E-state index in [0.29, 0.717) is 52.3 Å². The summed E-state index contributed by atoms with van der Waals surface area (Å²) >= 11 is 0. The van der Waals surface area contributed by atoms with E-state index in [0.717, 1.165) is 18.7 Å². The van der Waals surface area contributed by atoms with Crippen molar-refractivity contribution in [1.29, 1.82) is 0 Å². The highest BCUT2D eigenvalue weighted by atomic mass is 19.4. The summed E-state index contributed by atoms with van der Waals surface area (Å²) in [6.07, 6.45) is -2.05. The van der Waals surface area contributed by atoms with Gasteiger partial charge in [0.1, 0.15) is 18.2 Å². The summed E-state index contributed by atoms with van der Waals surface area (Å²) < 4.78 is 51.4. The first-order chi connectivity index (χ1) is 16.5. The summed E-state index contributed by atoms with van der Waals surface area (Å²) in [5.41, 5.74) is 6.04. The molecule has 7 nitrogen and oxygen atoms in total. The third-order valence-corrected chi connectivity index (χ3v) is 6.12. The Morgan fingerprint density at radius 2 is 1.89 bits per heavy atom. The molecule has 1 fully saturated rings. The van der Waals surface area contributed by atoms with Crippen LogP contribution in [-0.4, -0.2) is 48.2 Å². The second-order valence-corrected chi connectivity index (χ2v) is 8.95. The molecule has 1 atom stereocenters. The number of hydrogen-bond acceptors (Lipinski definition) is 7. The predicted octanol–water partition coefficient (Wildman–Crippen LogP) is 5.19. The molecule has 1 heterocycles. The molecule has 0 aliphatic heterocycles. The van der Waals surface area contributed by atoms with Gasteiger partial charge in [0.2, 0.25) is 0 Å². The van der Waals surface area contributed by atoms with Crippen LogP contribution in [0, 0.1) is 6.92 Å². The summed E-state index contributed by atoms with van der Waals surface area (Å²) in [6.45, 7) is 4.79. The number of hydrogen-bond donors (Lipinski definition) is 2.